The number of aromatic nitrogens is 4. The number of pyridine rings is 1. The number of nitrogens with zero attached hydrogens (tertiary/aromatic N) is 3. The second-order valence-corrected chi connectivity index (χ2v) is 6.90. The lowest BCUT2D eigenvalue weighted by atomic mass is 10.0. The fourth-order valence-electron chi connectivity index (χ4n) is 3.78. The highest BCUT2D eigenvalue weighted by Gasteiger charge is 2.22. The fraction of sp³-hybridized carbons (Fsp3) is 0.190. The molecular formula is C21H19N5O. The van der Waals surface area contributed by atoms with Gasteiger partial charge in [0.1, 0.15) is 5.82 Å². The molecule has 0 aliphatic carbocycles. The Hall–Kier alpha value is -3.25. The third-order valence-corrected chi connectivity index (χ3v) is 5.18. The molecule has 1 aliphatic rings. The molecule has 0 spiro atoms. The minimum absolute atomic E-state index is 0.0291. The summed E-state index contributed by atoms with van der Waals surface area (Å²) in [4.78, 5) is 29.9. The first-order chi connectivity index (χ1) is 13.3. The van der Waals surface area contributed by atoms with E-state index < -0.39 is 0 Å². The molecule has 0 saturated heterocycles. The highest BCUT2D eigenvalue weighted by atomic mass is 16.1. The van der Waals surface area contributed by atoms with Crippen LogP contribution in [0.15, 0.2) is 59.8 Å². The van der Waals surface area contributed by atoms with Crippen LogP contribution in [0, 0.1) is 0 Å². The van der Waals surface area contributed by atoms with Crippen LogP contribution in [0.25, 0.3) is 22.3 Å². The number of para-hydroxylation sites is 1. The van der Waals surface area contributed by atoms with Gasteiger partial charge < -0.3 is 9.97 Å². The van der Waals surface area contributed by atoms with E-state index in [-0.39, 0.29) is 5.56 Å². The van der Waals surface area contributed by atoms with Crippen LogP contribution in [0.3, 0.4) is 0 Å². The standard InChI is InChI=1S/C21H19N5O/c27-21-17-7-10-26(12-15-11-23-18-4-2-1-3-16(15)18)13-19(17)24-20(25-21)14-5-8-22-9-6-14/h1-6,8-9,11,23H,7,10,12-13H2,(H,24,25,27). The van der Waals surface area contributed by atoms with Crippen LogP contribution >= 0.6 is 0 Å². The van der Waals surface area contributed by atoms with Crippen molar-refractivity contribution in [1.82, 2.24) is 24.8 Å². The lowest BCUT2D eigenvalue weighted by molar-refractivity contribution is 0.241. The second-order valence-electron chi connectivity index (χ2n) is 6.90. The fourth-order valence-corrected chi connectivity index (χ4v) is 3.78. The molecule has 27 heavy (non-hydrogen) atoms. The molecule has 4 aromatic rings. The van der Waals surface area contributed by atoms with Crippen LogP contribution in [0.5, 0.6) is 0 Å². The molecule has 6 nitrogen and oxygen atoms in total. The predicted octanol–water partition coefficient (Wildman–Crippen LogP) is 2.87. The maximum Gasteiger partial charge on any atom is 0.254 e. The van der Waals surface area contributed by atoms with Crippen LogP contribution in [-0.4, -0.2) is 31.4 Å². The van der Waals surface area contributed by atoms with Gasteiger partial charge in [-0.05, 0) is 30.2 Å². The zero-order chi connectivity index (χ0) is 18.2. The molecule has 6 heteroatoms. The zero-order valence-electron chi connectivity index (χ0n) is 14.8. The van der Waals surface area contributed by atoms with Crippen molar-refractivity contribution in [3.8, 4) is 11.4 Å². The Bertz CT molecular complexity index is 1160. The van der Waals surface area contributed by atoms with Crippen molar-refractivity contribution < 1.29 is 0 Å². The number of hydrogen-bond acceptors (Lipinski definition) is 4. The van der Waals surface area contributed by atoms with Gasteiger partial charge in [0, 0.05) is 60.3 Å². The number of fused-ring (bicyclic) bond motifs is 2. The number of nitrogens with one attached hydrogen (secondary N) is 2. The lowest BCUT2D eigenvalue weighted by Gasteiger charge is -2.27. The van der Waals surface area contributed by atoms with Crippen LogP contribution < -0.4 is 5.56 Å². The van der Waals surface area contributed by atoms with E-state index in [4.69, 9.17) is 4.98 Å². The first-order valence-electron chi connectivity index (χ1n) is 9.08. The molecule has 0 saturated carbocycles. The topological polar surface area (TPSA) is 77.7 Å². The highest BCUT2D eigenvalue weighted by Crippen LogP contribution is 2.23. The number of hydrogen-bond donors (Lipinski definition) is 2. The summed E-state index contributed by atoms with van der Waals surface area (Å²) in [6, 6.07) is 12.0. The van der Waals surface area contributed by atoms with Crippen molar-refractivity contribution in [2.75, 3.05) is 6.54 Å². The van der Waals surface area contributed by atoms with E-state index >= 15 is 0 Å². The van der Waals surface area contributed by atoms with E-state index in [1.165, 1.54) is 10.9 Å². The molecule has 3 aromatic heterocycles. The summed E-state index contributed by atoms with van der Waals surface area (Å²) in [5.74, 6) is 0.607. The van der Waals surface area contributed by atoms with E-state index in [0.717, 1.165) is 41.8 Å². The number of H-pyrrole nitrogens is 2. The van der Waals surface area contributed by atoms with Crippen LogP contribution in [0.1, 0.15) is 16.8 Å². The maximum absolute atomic E-state index is 12.5. The minimum Gasteiger partial charge on any atom is -0.361 e. The monoisotopic (exact) mass is 357 g/mol. The Kier molecular flexibility index (Phi) is 3.83. The molecule has 4 heterocycles. The largest absolute Gasteiger partial charge is 0.361 e. The summed E-state index contributed by atoms with van der Waals surface area (Å²) in [7, 11) is 0. The SMILES string of the molecule is O=c1[nH]c(-c2ccncc2)nc2c1CCN(Cc1c[nH]c3ccccc13)C2. The van der Waals surface area contributed by atoms with Crippen molar-refractivity contribution in [3.63, 3.8) is 0 Å². The van der Waals surface area contributed by atoms with Gasteiger partial charge in [0.25, 0.3) is 5.56 Å². The second kappa shape index (κ2) is 6.48. The van der Waals surface area contributed by atoms with Gasteiger partial charge in [0.05, 0.1) is 5.69 Å². The molecule has 0 bridgehead atoms. The summed E-state index contributed by atoms with van der Waals surface area (Å²) < 4.78 is 0. The van der Waals surface area contributed by atoms with Gasteiger partial charge >= 0.3 is 0 Å². The smallest absolute Gasteiger partial charge is 0.254 e. The van der Waals surface area contributed by atoms with E-state index in [0.29, 0.717) is 12.4 Å². The Balaban J connectivity index is 1.45. The van der Waals surface area contributed by atoms with Crippen LogP contribution in [0.2, 0.25) is 0 Å². The summed E-state index contributed by atoms with van der Waals surface area (Å²) in [5, 5.41) is 1.25. The van der Waals surface area contributed by atoms with E-state index in [1.54, 1.807) is 12.4 Å². The summed E-state index contributed by atoms with van der Waals surface area (Å²) in [5.41, 5.74) is 4.95. The molecule has 0 radical (unpaired) electrons. The normalized spacial score (nSPS) is 14.4. The maximum atomic E-state index is 12.5. The van der Waals surface area contributed by atoms with Gasteiger partial charge in [0.15, 0.2) is 0 Å². The van der Waals surface area contributed by atoms with Crippen LogP contribution in [-0.2, 0) is 19.5 Å². The average Bonchev–Trinajstić information content (AvgIpc) is 3.11. The first-order valence-corrected chi connectivity index (χ1v) is 9.08. The molecule has 134 valence electrons. The van der Waals surface area contributed by atoms with Crippen molar-refractivity contribution in [3.05, 3.63) is 82.2 Å². The van der Waals surface area contributed by atoms with Gasteiger partial charge in [-0.25, -0.2) is 4.98 Å². The van der Waals surface area contributed by atoms with E-state index in [1.807, 2.05) is 18.2 Å². The molecule has 1 aliphatic heterocycles. The number of aromatic amines is 2. The molecular weight excluding hydrogens is 338 g/mol. The number of rotatable bonds is 3. The van der Waals surface area contributed by atoms with E-state index in [2.05, 4.69) is 44.2 Å². The van der Waals surface area contributed by atoms with Gasteiger partial charge in [-0.2, -0.15) is 0 Å². The Morgan fingerprint density at radius 1 is 1.11 bits per heavy atom. The third-order valence-electron chi connectivity index (χ3n) is 5.18. The molecule has 0 unspecified atom stereocenters. The molecule has 1 aromatic carbocycles. The molecule has 2 N–H and O–H groups in total. The van der Waals surface area contributed by atoms with Crippen LogP contribution in [0.4, 0.5) is 0 Å². The van der Waals surface area contributed by atoms with Crippen molar-refractivity contribution >= 4 is 10.9 Å². The first kappa shape index (κ1) is 16.0. The van der Waals surface area contributed by atoms with Crippen molar-refractivity contribution in [2.24, 2.45) is 0 Å². The summed E-state index contributed by atoms with van der Waals surface area (Å²) in [6.07, 6.45) is 6.21. The van der Waals surface area contributed by atoms with Crippen molar-refractivity contribution in [2.45, 2.75) is 19.5 Å². The number of benzene rings is 1. The predicted molar refractivity (Wildman–Crippen MR) is 104 cm³/mol. The van der Waals surface area contributed by atoms with Crippen molar-refractivity contribution in [1.29, 1.82) is 0 Å². The average molecular weight is 357 g/mol. The molecule has 5 rings (SSSR count). The van der Waals surface area contributed by atoms with Gasteiger partial charge in [-0.15, -0.1) is 0 Å². The quantitative estimate of drug-likeness (QED) is 0.591. The molecule has 0 amide bonds. The highest BCUT2D eigenvalue weighted by molar-refractivity contribution is 5.82. The Morgan fingerprint density at radius 3 is 2.85 bits per heavy atom. The Labute approximate surface area is 155 Å². The Morgan fingerprint density at radius 2 is 1.96 bits per heavy atom. The summed E-state index contributed by atoms with van der Waals surface area (Å²) in [6.45, 7) is 2.37. The third kappa shape index (κ3) is 2.94. The lowest BCUT2D eigenvalue weighted by Crippen LogP contribution is -2.35. The zero-order valence-corrected chi connectivity index (χ0v) is 14.8. The minimum atomic E-state index is -0.0291. The summed E-state index contributed by atoms with van der Waals surface area (Å²) >= 11 is 0. The van der Waals surface area contributed by atoms with E-state index in [9.17, 15) is 4.79 Å². The van der Waals surface area contributed by atoms with Gasteiger partial charge in [-0.1, -0.05) is 18.2 Å². The molecule has 0 atom stereocenters. The molecule has 0 fully saturated rings. The van der Waals surface area contributed by atoms with Gasteiger partial charge in [-0.3, -0.25) is 14.7 Å². The van der Waals surface area contributed by atoms with Gasteiger partial charge in [0.2, 0.25) is 0 Å².